The lowest BCUT2D eigenvalue weighted by Crippen LogP contribution is -2.51. The van der Waals surface area contributed by atoms with E-state index in [1.807, 2.05) is 0 Å². The average molecular weight is 481 g/mol. The molecule has 2 amide bonds. The molecule has 0 fully saturated rings. The number of carbonyl (C=O) groups is 2. The second-order valence-electron chi connectivity index (χ2n) is 5.39. The van der Waals surface area contributed by atoms with Gasteiger partial charge in [0.05, 0.1) is 5.02 Å². The number of thiocarbonyl (C=S) groups is 1. The van der Waals surface area contributed by atoms with Crippen LogP contribution in [-0.2, 0) is 4.79 Å². The first-order valence-electron chi connectivity index (χ1n) is 7.64. The molecule has 6 nitrogen and oxygen atoms in total. The van der Waals surface area contributed by atoms with Gasteiger partial charge in [0.1, 0.15) is 5.75 Å². The summed E-state index contributed by atoms with van der Waals surface area (Å²) in [6.45, 7) is 1.51. The third-order valence-corrected chi connectivity index (χ3v) is 4.39. The van der Waals surface area contributed by atoms with Gasteiger partial charge in [-0.25, -0.2) is 0 Å². The predicted octanol–water partition coefficient (Wildman–Crippen LogP) is 4.40. The van der Waals surface area contributed by atoms with Gasteiger partial charge in [-0.1, -0.05) is 46.4 Å². The summed E-state index contributed by atoms with van der Waals surface area (Å²) < 4.78 is 5.47. The minimum Gasteiger partial charge on any atom is -0.479 e. The van der Waals surface area contributed by atoms with Crippen LogP contribution in [0.25, 0.3) is 0 Å². The molecule has 2 aromatic rings. The molecule has 0 aliphatic heterocycles. The molecule has 0 aliphatic rings. The molecular formula is C17H13Cl4N3O3S. The number of amides is 2. The van der Waals surface area contributed by atoms with E-state index in [4.69, 9.17) is 63.4 Å². The highest BCUT2D eigenvalue weighted by atomic mass is 35.5. The number of hydrogen-bond acceptors (Lipinski definition) is 4. The highest BCUT2D eigenvalue weighted by Gasteiger charge is 2.17. The van der Waals surface area contributed by atoms with Crippen molar-refractivity contribution in [2.75, 3.05) is 0 Å². The Bertz CT molecular complexity index is 906. The smallest absolute Gasteiger partial charge is 0.279 e. The zero-order valence-corrected chi connectivity index (χ0v) is 18.0. The third kappa shape index (κ3) is 6.68. The molecule has 28 heavy (non-hydrogen) atoms. The van der Waals surface area contributed by atoms with Gasteiger partial charge >= 0.3 is 0 Å². The van der Waals surface area contributed by atoms with Crippen LogP contribution in [0.2, 0.25) is 20.1 Å². The van der Waals surface area contributed by atoms with Gasteiger partial charge in [-0.15, -0.1) is 0 Å². The molecule has 0 aromatic heterocycles. The van der Waals surface area contributed by atoms with Crippen LogP contribution in [0.1, 0.15) is 17.3 Å². The Hall–Kier alpha value is -1.77. The monoisotopic (exact) mass is 479 g/mol. The number of benzene rings is 2. The molecule has 11 heteroatoms. The molecule has 0 radical (unpaired) electrons. The van der Waals surface area contributed by atoms with Gasteiger partial charge in [0.15, 0.2) is 11.2 Å². The van der Waals surface area contributed by atoms with Gasteiger partial charge in [-0.05, 0) is 55.5 Å². The molecule has 0 bridgehead atoms. The van der Waals surface area contributed by atoms with Crippen molar-refractivity contribution in [1.82, 2.24) is 16.2 Å². The second kappa shape index (κ2) is 10.1. The summed E-state index contributed by atoms with van der Waals surface area (Å²) in [6.07, 6.45) is -0.906. The van der Waals surface area contributed by atoms with E-state index in [2.05, 4.69) is 16.2 Å². The average Bonchev–Trinajstić information content (AvgIpc) is 2.61. The van der Waals surface area contributed by atoms with Crippen molar-refractivity contribution in [3.8, 4) is 5.75 Å². The largest absolute Gasteiger partial charge is 0.479 e. The topological polar surface area (TPSA) is 79.5 Å². The lowest BCUT2D eigenvalue weighted by Gasteiger charge is -2.17. The van der Waals surface area contributed by atoms with Crippen molar-refractivity contribution in [2.24, 2.45) is 0 Å². The summed E-state index contributed by atoms with van der Waals surface area (Å²) in [5, 5.41) is 3.56. The minimum absolute atomic E-state index is 0.133. The van der Waals surface area contributed by atoms with E-state index in [0.29, 0.717) is 20.8 Å². The van der Waals surface area contributed by atoms with Gasteiger partial charge in [-0.2, -0.15) is 0 Å². The fraction of sp³-hybridized carbons (Fsp3) is 0.118. The van der Waals surface area contributed by atoms with Crippen LogP contribution >= 0.6 is 58.6 Å². The number of halogens is 4. The lowest BCUT2D eigenvalue weighted by molar-refractivity contribution is -0.127. The Kier molecular flexibility index (Phi) is 8.15. The number of ether oxygens (including phenoxy) is 1. The van der Waals surface area contributed by atoms with Crippen molar-refractivity contribution in [2.45, 2.75) is 13.0 Å². The van der Waals surface area contributed by atoms with Crippen molar-refractivity contribution >= 4 is 75.5 Å². The molecule has 148 valence electrons. The van der Waals surface area contributed by atoms with Gasteiger partial charge in [0.2, 0.25) is 0 Å². The van der Waals surface area contributed by atoms with E-state index < -0.39 is 17.9 Å². The van der Waals surface area contributed by atoms with Crippen LogP contribution in [0.5, 0.6) is 5.75 Å². The van der Waals surface area contributed by atoms with Gasteiger partial charge in [0.25, 0.3) is 11.8 Å². The Morgan fingerprint density at radius 1 is 0.964 bits per heavy atom. The maximum Gasteiger partial charge on any atom is 0.279 e. The maximum atomic E-state index is 12.1. The van der Waals surface area contributed by atoms with Crippen LogP contribution in [0, 0.1) is 0 Å². The summed E-state index contributed by atoms with van der Waals surface area (Å²) in [5.41, 5.74) is 4.93. The summed E-state index contributed by atoms with van der Waals surface area (Å²) in [6, 6.07) is 8.96. The quantitative estimate of drug-likeness (QED) is 0.446. The van der Waals surface area contributed by atoms with Gasteiger partial charge < -0.3 is 4.74 Å². The summed E-state index contributed by atoms with van der Waals surface area (Å²) >= 11 is 28.5. The number of hydrogen-bond donors (Lipinski definition) is 3. The fourth-order valence-electron chi connectivity index (χ4n) is 1.93. The van der Waals surface area contributed by atoms with E-state index in [9.17, 15) is 9.59 Å². The van der Waals surface area contributed by atoms with Crippen LogP contribution in [0.15, 0.2) is 36.4 Å². The first-order valence-corrected chi connectivity index (χ1v) is 9.56. The van der Waals surface area contributed by atoms with Crippen LogP contribution in [0.3, 0.4) is 0 Å². The highest BCUT2D eigenvalue weighted by Crippen LogP contribution is 2.28. The van der Waals surface area contributed by atoms with E-state index in [0.717, 1.165) is 0 Å². The number of nitrogens with one attached hydrogen (secondary N) is 3. The molecule has 0 aliphatic carbocycles. The van der Waals surface area contributed by atoms with E-state index in [1.54, 1.807) is 12.1 Å². The molecule has 3 N–H and O–H groups in total. The Morgan fingerprint density at radius 3 is 2.21 bits per heavy atom. The molecular weight excluding hydrogens is 468 g/mol. The van der Waals surface area contributed by atoms with Crippen molar-refractivity contribution in [3.05, 3.63) is 62.1 Å². The molecule has 0 spiro atoms. The molecule has 2 rings (SSSR count). The number of rotatable bonds is 4. The second-order valence-corrected chi connectivity index (χ2v) is 7.52. The van der Waals surface area contributed by atoms with Crippen LogP contribution < -0.4 is 20.9 Å². The first kappa shape index (κ1) is 22.5. The lowest BCUT2D eigenvalue weighted by atomic mass is 10.2. The van der Waals surface area contributed by atoms with Gasteiger partial charge in [-0.3, -0.25) is 25.8 Å². The molecule has 0 heterocycles. The summed E-state index contributed by atoms with van der Waals surface area (Å²) in [5.74, 6) is -0.802. The standard InChI is InChI=1S/C17H13Cl4N3O3S/c1-8(27-14-3-2-10(18)7-13(14)21)15(25)23-24-17(28)22-16(26)9-4-11(19)6-12(20)5-9/h2-8H,1H3,(H,23,25)(H2,22,24,26,28). The minimum atomic E-state index is -0.906. The zero-order chi connectivity index (χ0) is 20.8. The fourth-order valence-corrected chi connectivity index (χ4v) is 3.05. The Morgan fingerprint density at radius 2 is 1.61 bits per heavy atom. The Balaban J connectivity index is 1.85. The third-order valence-electron chi connectivity index (χ3n) is 3.22. The van der Waals surface area contributed by atoms with Crippen LogP contribution in [0.4, 0.5) is 0 Å². The molecule has 1 atom stereocenters. The van der Waals surface area contributed by atoms with Crippen molar-refractivity contribution in [1.29, 1.82) is 0 Å². The van der Waals surface area contributed by atoms with E-state index in [1.165, 1.54) is 31.2 Å². The number of hydrazine groups is 1. The highest BCUT2D eigenvalue weighted by molar-refractivity contribution is 7.80. The van der Waals surface area contributed by atoms with Crippen molar-refractivity contribution in [3.63, 3.8) is 0 Å². The maximum absolute atomic E-state index is 12.1. The summed E-state index contributed by atoms with van der Waals surface area (Å²) in [7, 11) is 0. The van der Waals surface area contributed by atoms with Gasteiger partial charge in [0, 0.05) is 20.6 Å². The molecule has 0 saturated carbocycles. The van der Waals surface area contributed by atoms with E-state index in [-0.39, 0.29) is 15.7 Å². The Labute approximate surface area is 186 Å². The predicted molar refractivity (Wildman–Crippen MR) is 114 cm³/mol. The van der Waals surface area contributed by atoms with Crippen LogP contribution in [-0.4, -0.2) is 23.0 Å². The molecule has 0 saturated heterocycles. The summed E-state index contributed by atoms with van der Waals surface area (Å²) in [4.78, 5) is 24.2. The molecule has 1 unspecified atom stereocenters. The first-order chi connectivity index (χ1) is 13.2. The van der Waals surface area contributed by atoms with E-state index >= 15 is 0 Å². The normalized spacial score (nSPS) is 11.3. The molecule has 2 aromatic carbocycles. The van der Waals surface area contributed by atoms with Crippen molar-refractivity contribution < 1.29 is 14.3 Å². The SMILES string of the molecule is CC(Oc1ccc(Cl)cc1Cl)C(=O)NNC(=S)NC(=O)c1cc(Cl)cc(Cl)c1. The zero-order valence-electron chi connectivity index (χ0n) is 14.2. The number of carbonyl (C=O) groups excluding carboxylic acids is 2.